The molecule has 3 aromatic carbocycles. The van der Waals surface area contributed by atoms with Crippen molar-refractivity contribution in [2.75, 3.05) is 6.61 Å². The van der Waals surface area contributed by atoms with E-state index in [0.29, 0.717) is 5.56 Å². The van der Waals surface area contributed by atoms with Gasteiger partial charge in [-0.1, -0.05) is 48.0 Å². The van der Waals surface area contributed by atoms with Gasteiger partial charge in [0.25, 0.3) is 10.1 Å². The van der Waals surface area contributed by atoms with E-state index in [0.717, 1.165) is 23.8 Å². The second kappa shape index (κ2) is 7.99. The number of benzene rings is 3. The molecule has 3 aromatic rings. The molecule has 4 rings (SSSR count). The highest BCUT2D eigenvalue weighted by atomic mass is 32.2. The molecule has 0 saturated carbocycles. The monoisotopic (exact) mass is 466 g/mol. The summed E-state index contributed by atoms with van der Waals surface area (Å²) in [5.74, 6) is -0.551. The molecule has 0 radical (unpaired) electrons. The van der Waals surface area contributed by atoms with Crippen LogP contribution in [0.5, 0.6) is 0 Å². The molecule has 0 amide bonds. The van der Waals surface area contributed by atoms with Crippen LogP contribution >= 0.6 is 0 Å². The number of halogens is 4. The predicted molar refractivity (Wildman–Crippen MR) is 108 cm³/mol. The fraction of sp³-hybridized carbons (Fsp3) is 0.217. The summed E-state index contributed by atoms with van der Waals surface area (Å²) < 4.78 is 90.3. The normalized spacial score (nSPS) is 20.8. The van der Waals surface area contributed by atoms with E-state index >= 15 is 0 Å². The Balaban J connectivity index is 1.69. The van der Waals surface area contributed by atoms with Crippen molar-refractivity contribution in [1.82, 2.24) is 0 Å². The van der Waals surface area contributed by atoms with Gasteiger partial charge >= 0.3 is 6.18 Å². The summed E-state index contributed by atoms with van der Waals surface area (Å²) in [6, 6.07) is 15.8. The van der Waals surface area contributed by atoms with Gasteiger partial charge in [-0.25, -0.2) is 4.39 Å². The van der Waals surface area contributed by atoms with Crippen molar-refractivity contribution in [1.29, 1.82) is 0 Å². The second-order valence-corrected chi connectivity index (χ2v) is 9.12. The fourth-order valence-electron chi connectivity index (χ4n) is 3.56. The summed E-state index contributed by atoms with van der Waals surface area (Å²) in [5, 5.41) is 0. The Morgan fingerprint density at radius 1 is 0.969 bits per heavy atom. The maximum Gasteiger partial charge on any atom is 0.416 e. The Morgan fingerprint density at radius 3 is 2.22 bits per heavy atom. The molecule has 2 atom stereocenters. The number of hydrogen-bond donors (Lipinski definition) is 0. The number of aryl methyl sites for hydroxylation is 1. The molecule has 1 aliphatic rings. The Kier molecular flexibility index (Phi) is 5.60. The Labute approximate surface area is 182 Å². The molecule has 1 fully saturated rings. The molecule has 9 heteroatoms. The lowest BCUT2D eigenvalue weighted by molar-refractivity contribution is -0.138. The SMILES string of the molecule is Cc1ccc(S(=O)(=O)OC[C@]2(c3ccc(F)cc3)O[C@H]2c2ccccc2C(F)(F)F)cc1. The summed E-state index contributed by atoms with van der Waals surface area (Å²) in [5.41, 5.74) is -1.41. The minimum Gasteiger partial charge on any atom is -0.353 e. The lowest BCUT2D eigenvalue weighted by atomic mass is 9.90. The quantitative estimate of drug-likeness (QED) is 0.273. The van der Waals surface area contributed by atoms with Crippen LogP contribution in [0.3, 0.4) is 0 Å². The molecule has 168 valence electrons. The van der Waals surface area contributed by atoms with Crippen LogP contribution in [0.1, 0.15) is 28.4 Å². The van der Waals surface area contributed by atoms with E-state index in [1.807, 2.05) is 0 Å². The van der Waals surface area contributed by atoms with Gasteiger partial charge in [-0.15, -0.1) is 0 Å². The zero-order chi connectivity index (χ0) is 23.1. The molecule has 0 spiro atoms. The molecule has 1 heterocycles. The van der Waals surface area contributed by atoms with Gasteiger partial charge in [-0.05, 0) is 48.4 Å². The first-order valence-corrected chi connectivity index (χ1v) is 11.0. The van der Waals surface area contributed by atoms with Gasteiger partial charge in [-0.2, -0.15) is 21.6 Å². The molecule has 0 N–H and O–H groups in total. The third-order valence-corrected chi connectivity index (χ3v) is 6.59. The molecule has 0 unspecified atom stereocenters. The van der Waals surface area contributed by atoms with Gasteiger partial charge in [0, 0.05) is 0 Å². The Bertz CT molecular complexity index is 1220. The van der Waals surface area contributed by atoms with E-state index in [4.69, 9.17) is 8.92 Å². The van der Waals surface area contributed by atoms with Crippen molar-refractivity contribution in [3.05, 3.63) is 101 Å². The van der Waals surface area contributed by atoms with Crippen molar-refractivity contribution < 1.29 is 34.9 Å². The first-order chi connectivity index (χ1) is 15.0. The van der Waals surface area contributed by atoms with Crippen molar-refractivity contribution in [2.24, 2.45) is 0 Å². The summed E-state index contributed by atoms with van der Waals surface area (Å²) in [6.45, 7) is 1.22. The smallest absolute Gasteiger partial charge is 0.353 e. The van der Waals surface area contributed by atoms with Gasteiger partial charge in [0.1, 0.15) is 24.1 Å². The first-order valence-electron chi connectivity index (χ1n) is 9.59. The summed E-state index contributed by atoms with van der Waals surface area (Å²) in [4.78, 5) is -0.0924. The maximum absolute atomic E-state index is 13.5. The number of ether oxygens (including phenoxy) is 1. The van der Waals surface area contributed by atoms with Crippen LogP contribution in [-0.2, 0) is 30.8 Å². The molecular weight excluding hydrogens is 448 g/mol. The predicted octanol–water partition coefficient (Wildman–Crippen LogP) is 5.53. The zero-order valence-electron chi connectivity index (χ0n) is 16.8. The van der Waals surface area contributed by atoms with Crippen LogP contribution in [0.2, 0.25) is 0 Å². The number of alkyl halides is 3. The number of hydrogen-bond acceptors (Lipinski definition) is 4. The van der Waals surface area contributed by atoms with E-state index < -0.39 is 46.0 Å². The molecule has 0 bridgehead atoms. The zero-order valence-corrected chi connectivity index (χ0v) is 17.6. The highest BCUT2D eigenvalue weighted by molar-refractivity contribution is 7.86. The maximum atomic E-state index is 13.5. The highest BCUT2D eigenvalue weighted by Crippen LogP contribution is 2.59. The highest BCUT2D eigenvalue weighted by Gasteiger charge is 2.61. The molecular formula is C23H18F4O4S. The second-order valence-electron chi connectivity index (χ2n) is 7.51. The average Bonchev–Trinajstić information content (AvgIpc) is 3.48. The van der Waals surface area contributed by atoms with E-state index in [-0.39, 0.29) is 10.5 Å². The molecule has 1 saturated heterocycles. The average molecular weight is 466 g/mol. The minimum absolute atomic E-state index is 0.0924. The summed E-state index contributed by atoms with van der Waals surface area (Å²) in [7, 11) is -4.21. The Morgan fingerprint density at radius 2 is 1.59 bits per heavy atom. The summed E-state index contributed by atoms with van der Waals surface area (Å²) in [6.07, 6.45) is -5.76. The van der Waals surface area contributed by atoms with Gasteiger partial charge in [-0.3, -0.25) is 4.18 Å². The van der Waals surface area contributed by atoms with E-state index in [1.54, 1.807) is 19.1 Å². The van der Waals surface area contributed by atoms with Gasteiger partial charge < -0.3 is 4.74 Å². The van der Waals surface area contributed by atoms with E-state index in [2.05, 4.69) is 0 Å². The minimum atomic E-state index is -4.63. The van der Waals surface area contributed by atoms with Gasteiger partial charge in [0.2, 0.25) is 0 Å². The largest absolute Gasteiger partial charge is 0.416 e. The van der Waals surface area contributed by atoms with Crippen molar-refractivity contribution >= 4 is 10.1 Å². The summed E-state index contributed by atoms with van der Waals surface area (Å²) >= 11 is 0. The van der Waals surface area contributed by atoms with E-state index in [1.165, 1.54) is 42.5 Å². The molecule has 0 aromatic heterocycles. The molecule has 1 aliphatic heterocycles. The molecule has 0 aliphatic carbocycles. The molecule has 32 heavy (non-hydrogen) atoms. The van der Waals surface area contributed by atoms with Crippen molar-refractivity contribution in [2.45, 2.75) is 29.7 Å². The first kappa shape index (κ1) is 22.4. The third kappa shape index (κ3) is 4.28. The van der Waals surface area contributed by atoms with Crippen molar-refractivity contribution in [3.63, 3.8) is 0 Å². The number of epoxide rings is 1. The van der Waals surface area contributed by atoms with Crippen molar-refractivity contribution in [3.8, 4) is 0 Å². The topological polar surface area (TPSA) is 55.9 Å². The van der Waals surface area contributed by atoms with Crippen LogP contribution in [0.4, 0.5) is 17.6 Å². The Hall–Kier alpha value is -2.75. The lowest BCUT2D eigenvalue weighted by Gasteiger charge is -2.16. The third-order valence-electron chi connectivity index (χ3n) is 5.31. The van der Waals surface area contributed by atoms with Crippen LogP contribution in [0.25, 0.3) is 0 Å². The van der Waals surface area contributed by atoms with Gasteiger partial charge in [0.05, 0.1) is 10.5 Å². The van der Waals surface area contributed by atoms with Crippen LogP contribution < -0.4 is 0 Å². The van der Waals surface area contributed by atoms with Crippen LogP contribution in [0.15, 0.2) is 77.7 Å². The standard InChI is InChI=1S/C23H18F4O4S/c1-15-6-12-18(13-7-15)32(28,29)30-14-22(16-8-10-17(24)11-9-16)21(31-22)19-4-2-3-5-20(19)23(25,26)27/h2-13,21H,14H2,1H3/t21-,22+/m0/s1. The molecule has 4 nitrogen and oxygen atoms in total. The van der Waals surface area contributed by atoms with Crippen LogP contribution in [0, 0.1) is 12.7 Å². The fourth-order valence-corrected chi connectivity index (χ4v) is 4.49. The van der Waals surface area contributed by atoms with Crippen LogP contribution in [-0.4, -0.2) is 15.0 Å². The number of rotatable bonds is 6. The van der Waals surface area contributed by atoms with Gasteiger partial charge in [0.15, 0.2) is 0 Å². The van der Waals surface area contributed by atoms with E-state index in [9.17, 15) is 26.0 Å². The lowest BCUT2D eigenvalue weighted by Crippen LogP contribution is -2.22.